The minimum Gasteiger partial charge on any atom is -0.465 e. The highest BCUT2D eigenvalue weighted by atomic mass is 16.8. The van der Waals surface area contributed by atoms with Crippen LogP contribution in [-0.4, -0.2) is 94.2 Å². The zero-order chi connectivity index (χ0) is 39.8. The standard InChI is InChI=1S/C44H46O13/c1-4-5-38(50-24-44(3)25-55-44)56-34-18-14-30(15-19-34)29-10-12-33(13-11-29)43(47)57-35-20-16-32(17-21-35)42(46)49-23-37-40-39(53-27-52-37)36(51-26-54-40)22-48-41(45)31-8-6-28(2)7-9-31/h6-21,36-40H,4-5,22-27H2,1-3H3. The van der Waals surface area contributed by atoms with Crippen LogP contribution in [0.25, 0.3) is 11.1 Å². The predicted molar refractivity (Wildman–Crippen MR) is 204 cm³/mol. The molecule has 57 heavy (non-hydrogen) atoms. The van der Waals surface area contributed by atoms with Gasteiger partial charge in [-0.05, 0) is 85.6 Å². The van der Waals surface area contributed by atoms with Gasteiger partial charge in [-0.3, -0.25) is 0 Å². The molecule has 0 aromatic heterocycles. The first kappa shape index (κ1) is 40.1. The van der Waals surface area contributed by atoms with Crippen LogP contribution < -0.4 is 9.47 Å². The van der Waals surface area contributed by atoms with E-state index >= 15 is 0 Å². The van der Waals surface area contributed by atoms with Crippen LogP contribution in [0.5, 0.6) is 11.5 Å². The summed E-state index contributed by atoms with van der Waals surface area (Å²) in [5.74, 6) is -0.645. The Morgan fingerprint density at radius 2 is 1.14 bits per heavy atom. The van der Waals surface area contributed by atoms with Gasteiger partial charge in [0.2, 0.25) is 0 Å². The van der Waals surface area contributed by atoms with Crippen LogP contribution in [-0.2, 0) is 37.9 Å². The molecule has 3 fully saturated rings. The Balaban J connectivity index is 0.862. The average Bonchev–Trinajstić information content (AvgIpc) is 3.98. The minimum absolute atomic E-state index is 0.0515. The van der Waals surface area contributed by atoms with Gasteiger partial charge in [-0.15, -0.1) is 0 Å². The SMILES string of the molecule is CCCC(OCC1(C)CO1)Oc1ccc(-c2ccc(C(=O)Oc3ccc(C(=O)OCC4OCOC5C(COC(=O)c6ccc(C)cc6)OCOC45)cc3)cc2)cc1. The molecule has 4 aromatic carbocycles. The Bertz CT molecular complexity index is 1960. The number of rotatable bonds is 16. The number of hydrogen-bond acceptors (Lipinski definition) is 13. The fraction of sp³-hybridized carbons (Fsp3) is 0.386. The maximum atomic E-state index is 12.9. The summed E-state index contributed by atoms with van der Waals surface area (Å²) in [6.45, 7) is 6.91. The zero-order valence-corrected chi connectivity index (χ0v) is 32.1. The fourth-order valence-electron chi connectivity index (χ4n) is 6.27. The second-order valence-corrected chi connectivity index (χ2v) is 14.4. The van der Waals surface area contributed by atoms with E-state index in [0.717, 1.165) is 29.5 Å². The molecule has 13 nitrogen and oxygen atoms in total. The van der Waals surface area contributed by atoms with Crippen LogP contribution in [0.3, 0.4) is 0 Å². The van der Waals surface area contributed by atoms with Crippen LogP contribution in [0.4, 0.5) is 0 Å². The van der Waals surface area contributed by atoms with Gasteiger partial charge in [0.15, 0.2) is 6.29 Å². The zero-order valence-electron chi connectivity index (χ0n) is 32.1. The van der Waals surface area contributed by atoms with Crippen molar-refractivity contribution in [2.45, 2.75) is 69.9 Å². The summed E-state index contributed by atoms with van der Waals surface area (Å²) >= 11 is 0. The third-order valence-electron chi connectivity index (χ3n) is 9.80. The molecule has 6 unspecified atom stereocenters. The molecule has 0 radical (unpaired) electrons. The van der Waals surface area contributed by atoms with E-state index < -0.39 is 42.3 Å². The Hall–Kier alpha value is -5.15. The van der Waals surface area contributed by atoms with E-state index in [1.807, 2.05) is 62.4 Å². The molecule has 0 amide bonds. The maximum absolute atomic E-state index is 12.9. The van der Waals surface area contributed by atoms with Crippen molar-refractivity contribution < 1.29 is 61.8 Å². The van der Waals surface area contributed by atoms with Gasteiger partial charge in [-0.2, -0.15) is 0 Å². The third-order valence-corrected chi connectivity index (χ3v) is 9.80. The van der Waals surface area contributed by atoms with Gasteiger partial charge in [0.05, 0.1) is 29.9 Å². The summed E-state index contributed by atoms with van der Waals surface area (Å²) in [4.78, 5) is 38.4. The minimum atomic E-state index is -0.647. The normalized spacial score (nSPS) is 23.1. The predicted octanol–water partition coefficient (Wildman–Crippen LogP) is 6.69. The first-order chi connectivity index (χ1) is 27.7. The van der Waals surface area contributed by atoms with Gasteiger partial charge in [0.25, 0.3) is 0 Å². The van der Waals surface area contributed by atoms with Crippen molar-refractivity contribution in [3.63, 3.8) is 0 Å². The number of aryl methyl sites for hydroxylation is 1. The van der Waals surface area contributed by atoms with Crippen LogP contribution in [0.1, 0.15) is 63.3 Å². The first-order valence-corrected chi connectivity index (χ1v) is 19.0. The van der Waals surface area contributed by atoms with Crippen LogP contribution in [0, 0.1) is 6.92 Å². The average molecular weight is 783 g/mol. The molecule has 0 spiro atoms. The van der Waals surface area contributed by atoms with E-state index in [-0.39, 0.29) is 50.0 Å². The lowest BCUT2D eigenvalue weighted by Crippen LogP contribution is -2.59. The van der Waals surface area contributed by atoms with E-state index in [0.29, 0.717) is 30.1 Å². The molecular weight excluding hydrogens is 736 g/mol. The molecule has 3 heterocycles. The topological polar surface area (TPSA) is 147 Å². The molecule has 3 saturated heterocycles. The van der Waals surface area contributed by atoms with Gasteiger partial charge >= 0.3 is 17.9 Å². The van der Waals surface area contributed by atoms with Crippen LogP contribution in [0.15, 0.2) is 97.1 Å². The van der Waals surface area contributed by atoms with Crippen molar-refractivity contribution in [2.75, 3.05) is 40.0 Å². The Morgan fingerprint density at radius 1 is 0.667 bits per heavy atom. The lowest BCUT2D eigenvalue weighted by atomic mass is 10.0. The van der Waals surface area contributed by atoms with Crippen LogP contribution >= 0.6 is 0 Å². The molecule has 0 aliphatic carbocycles. The van der Waals surface area contributed by atoms with E-state index in [2.05, 4.69) is 6.92 Å². The second-order valence-electron chi connectivity index (χ2n) is 14.4. The molecular formula is C44H46O13. The Morgan fingerprint density at radius 3 is 1.67 bits per heavy atom. The first-order valence-electron chi connectivity index (χ1n) is 19.0. The lowest BCUT2D eigenvalue weighted by Gasteiger charge is -2.43. The van der Waals surface area contributed by atoms with Crippen molar-refractivity contribution in [2.24, 2.45) is 0 Å². The molecule has 300 valence electrons. The Kier molecular flexibility index (Phi) is 12.9. The fourth-order valence-corrected chi connectivity index (χ4v) is 6.27. The van der Waals surface area contributed by atoms with Crippen molar-refractivity contribution in [3.05, 3.63) is 119 Å². The summed E-state index contributed by atoms with van der Waals surface area (Å²) in [5.41, 5.74) is 3.76. The van der Waals surface area contributed by atoms with Gasteiger partial charge < -0.3 is 47.4 Å². The molecule has 7 rings (SSSR count). The molecule has 3 aliphatic heterocycles. The number of esters is 3. The molecule has 0 N–H and O–H groups in total. The number of carbonyl (C=O) groups excluding carboxylic acids is 3. The van der Waals surface area contributed by atoms with Crippen molar-refractivity contribution >= 4 is 17.9 Å². The molecule has 3 aliphatic rings. The quantitative estimate of drug-likeness (QED) is 0.0515. The second kappa shape index (κ2) is 18.4. The van der Waals surface area contributed by atoms with Gasteiger partial charge in [0, 0.05) is 6.42 Å². The van der Waals surface area contributed by atoms with E-state index in [9.17, 15) is 14.4 Å². The summed E-state index contributed by atoms with van der Waals surface area (Å²) in [6.07, 6.45) is -1.14. The summed E-state index contributed by atoms with van der Waals surface area (Å²) < 4.78 is 57.0. The van der Waals surface area contributed by atoms with Crippen LogP contribution in [0.2, 0.25) is 0 Å². The van der Waals surface area contributed by atoms with Gasteiger partial charge in [0.1, 0.15) is 68.3 Å². The monoisotopic (exact) mass is 782 g/mol. The van der Waals surface area contributed by atoms with Gasteiger partial charge in [-0.1, -0.05) is 55.3 Å². The third kappa shape index (κ3) is 10.6. The summed E-state index contributed by atoms with van der Waals surface area (Å²) in [7, 11) is 0. The summed E-state index contributed by atoms with van der Waals surface area (Å²) in [6, 6.07) is 27.9. The molecule has 13 heteroatoms. The number of carbonyl (C=O) groups is 3. The van der Waals surface area contributed by atoms with Crippen molar-refractivity contribution in [1.29, 1.82) is 0 Å². The molecule has 6 atom stereocenters. The number of hydrogen-bond donors (Lipinski definition) is 0. The van der Waals surface area contributed by atoms with E-state index in [4.69, 9.17) is 47.4 Å². The molecule has 4 aromatic rings. The van der Waals surface area contributed by atoms with E-state index in [1.54, 1.807) is 24.3 Å². The highest BCUT2D eigenvalue weighted by molar-refractivity contribution is 5.92. The Labute approximate surface area is 331 Å². The number of epoxide rings is 1. The highest BCUT2D eigenvalue weighted by Gasteiger charge is 2.45. The highest BCUT2D eigenvalue weighted by Crippen LogP contribution is 2.29. The van der Waals surface area contributed by atoms with Crippen molar-refractivity contribution in [3.8, 4) is 22.6 Å². The molecule has 0 saturated carbocycles. The van der Waals surface area contributed by atoms with Gasteiger partial charge in [-0.25, -0.2) is 14.4 Å². The lowest BCUT2D eigenvalue weighted by molar-refractivity contribution is -0.328. The summed E-state index contributed by atoms with van der Waals surface area (Å²) in [5, 5.41) is 0. The largest absolute Gasteiger partial charge is 0.465 e. The van der Waals surface area contributed by atoms with E-state index in [1.165, 1.54) is 24.3 Å². The number of ether oxygens (including phenoxy) is 10. The number of benzene rings is 4. The number of fused-ring (bicyclic) bond motifs is 1. The molecule has 0 bridgehead atoms. The smallest absolute Gasteiger partial charge is 0.343 e. The van der Waals surface area contributed by atoms with Crippen molar-refractivity contribution in [1.82, 2.24) is 0 Å². The maximum Gasteiger partial charge on any atom is 0.343 e.